The molecule has 1 aromatic carbocycles. The van der Waals surface area contributed by atoms with E-state index in [0.29, 0.717) is 24.1 Å². The standard InChI is InChI=1S/C15H22N2O4/c1-10-4-5-12(14(18)19)11(13(10)15(20)21)6-7-16-8-9-17(2)3/h4-5,16H,6-9H2,1-3H3,(H,18,19)(H,20,21). The maximum absolute atomic E-state index is 11.4. The predicted molar refractivity (Wildman–Crippen MR) is 80.2 cm³/mol. The van der Waals surface area contributed by atoms with Gasteiger partial charge in [0.15, 0.2) is 0 Å². The van der Waals surface area contributed by atoms with Gasteiger partial charge in [0.1, 0.15) is 0 Å². The summed E-state index contributed by atoms with van der Waals surface area (Å²) in [5, 5.41) is 21.7. The van der Waals surface area contributed by atoms with E-state index in [9.17, 15) is 19.8 Å². The van der Waals surface area contributed by atoms with Gasteiger partial charge in [0.25, 0.3) is 0 Å². The zero-order chi connectivity index (χ0) is 16.0. The third-order valence-corrected chi connectivity index (χ3v) is 3.25. The molecule has 0 aliphatic rings. The highest BCUT2D eigenvalue weighted by atomic mass is 16.4. The fourth-order valence-corrected chi connectivity index (χ4v) is 2.16. The van der Waals surface area contributed by atoms with E-state index in [1.807, 2.05) is 19.0 Å². The van der Waals surface area contributed by atoms with Crippen molar-refractivity contribution in [2.24, 2.45) is 0 Å². The third kappa shape index (κ3) is 4.84. The van der Waals surface area contributed by atoms with Crippen LogP contribution in [0.1, 0.15) is 31.8 Å². The molecule has 0 unspecified atom stereocenters. The average Bonchev–Trinajstić information content (AvgIpc) is 2.37. The van der Waals surface area contributed by atoms with Crippen molar-refractivity contribution >= 4 is 11.9 Å². The lowest BCUT2D eigenvalue weighted by Crippen LogP contribution is -2.28. The first-order valence-electron chi connectivity index (χ1n) is 6.79. The molecule has 0 aromatic heterocycles. The first kappa shape index (κ1) is 17.1. The highest BCUT2D eigenvalue weighted by Crippen LogP contribution is 2.20. The molecule has 6 heteroatoms. The van der Waals surface area contributed by atoms with Crippen molar-refractivity contribution in [2.45, 2.75) is 13.3 Å². The van der Waals surface area contributed by atoms with Gasteiger partial charge >= 0.3 is 11.9 Å². The summed E-state index contributed by atoms with van der Waals surface area (Å²) in [6.45, 7) is 3.85. The molecule has 0 amide bonds. The number of nitrogens with one attached hydrogen (secondary N) is 1. The molecule has 0 spiro atoms. The van der Waals surface area contributed by atoms with Crippen molar-refractivity contribution in [1.82, 2.24) is 10.2 Å². The Morgan fingerprint density at radius 1 is 1.14 bits per heavy atom. The average molecular weight is 294 g/mol. The van der Waals surface area contributed by atoms with E-state index in [2.05, 4.69) is 5.32 Å². The minimum atomic E-state index is -1.10. The summed E-state index contributed by atoms with van der Waals surface area (Å²) < 4.78 is 0. The molecule has 1 aromatic rings. The minimum absolute atomic E-state index is 0.0624. The molecule has 1 rings (SSSR count). The normalized spacial score (nSPS) is 10.9. The number of likely N-dealkylation sites (N-methyl/N-ethyl adjacent to an activating group) is 1. The van der Waals surface area contributed by atoms with Crippen LogP contribution in [0.25, 0.3) is 0 Å². The topological polar surface area (TPSA) is 89.9 Å². The number of carboxylic acid groups (broad SMARTS) is 2. The predicted octanol–water partition coefficient (Wildman–Crippen LogP) is 1.09. The molecule has 0 atom stereocenters. The van der Waals surface area contributed by atoms with Gasteiger partial charge in [0.05, 0.1) is 11.1 Å². The Hall–Kier alpha value is -1.92. The van der Waals surface area contributed by atoms with Crippen molar-refractivity contribution in [1.29, 1.82) is 0 Å². The van der Waals surface area contributed by atoms with Gasteiger partial charge in [-0.15, -0.1) is 0 Å². The van der Waals surface area contributed by atoms with Gasteiger partial charge in [-0.3, -0.25) is 0 Å². The number of nitrogens with zero attached hydrogens (tertiary/aromatic N) is 1. The fourth-order valence-electron chi connectivity index (χ4n) is 2.16. The lowest BCUT2D eigenvalue weighted by molar-refractivity contribution is 0.0695. The van der Waals surface area contributed by atoms with Gasteiger partial charge < -0.3 is 20.4 Å². The molecule has 21 heavy (non-hydrogen) atoms. The van der Waals surface area contributed by atoms with Gasteiger partial charge in [0.2, 0.25) is 0 Å². The Morgan fingerprint density at radius 2 is 1.81 bits per heavy atom. The summed E-state index contributed by atoms with van der Waals surface area (Å²) in [6, 6.07) is 3.01. The molecular formula is C15H22N2O4. The van der Waals surface area contributed by atoms with Crippen molar-refractivity contribution in [3.05, 3.63) is 34.4 Å². The summed E-state index contributed by atoms with van der Waals surface area (Å²) in [5.74, 6) is -2.18. The van der Waals surface area contributed by atoms with Crippen molar-refractivity contribution in [3.63, 3.8) is 0 Å². The number of benzene rings is 1. The van der Waals surface area contributed by atoms with Crippen LogP contribution in [0.3, 0.4) is 0 Å². The van der Waals surface area contributed by atoms with Gasteiger partial charge in [-0.2, -0.15) is 0 Å². The lowest BCUT2D eigenvalue weighted by Gasteiger charge is -2.14. The monoisotopic (exact) mass is 294 g/mol. The van der Waals surface area contributed by atoms with Gasteiger partial charge in [-0.05, 0) is 51.2 Å². The van der Waals surface area contributed by atoms with E-state index in [1.54, 1.807) is 6.92 Å². The number of hydrogen-bond acceptors (Lipinski definition) is 4. The molecule has 0 saturated carbocycles. The molecule has 0 heterocycles. The number of hydrogen-bond donors (Lipinski definition) is 3. The van der Waals surface area contributed by atoms with Crippen LogP contribution < -0.4 is 5.32 Å². The first-order valence-corrected chi connectivity index (χ1v) is 6.79. The first-order chi connectivity index (χ1) is 9.84. The van der Waals surface area contributed by atoms with Gasteiger partial charge in [-0.1, -0.05) is 6.07 Å². The number of carbonyl (C=O) groups is 2. The lowest BCUT2D eigenvalue weighted by atomic mass is 9.94. The summed E-state index contributed by atoms with van der Waals surface area (Å²) in [5.41, 5.74) is 1.12. The Balaban J connectivity index is 2.89. The molecule has 0 radical (unpaired) electrons. The molecule has 3 N–H and O–H groups in total. The second-order valence-corrected chi connectivity index (χ2v) is 5.20. The number of aromatic carboxylic acids is 2. The highest BCUT2D eigenvalue weighted by Gasteiger charge is 2.20. The Morgan fingerprint density at radius 3 is 2.33 bits per heavy atom. The van der Waals surface area contributed by atoms with E-state index in [0.717, 1.165) is 13.1 Å². The Labute approximate surface area is 124 Å². The van der Waals surface area contributed by atoms with E-state index in [4.69, 9.17) is 0 Å². The SMILES string of the molecule is Cc1ccc(C(=O)O)c(CCNCCN(C)C)c1C(=O)O. The van der Waals surface area contributed by atoms with E-state index >= 15 is 0 Å². The molecule has 0 aliphatic heterocycles. The summed E-state index contributed by atoms with van der Waals surface area (Å²) in [4.78, 5) is 24.7. The van der Waals surface area contributed by atoms with Crippen LogP contribution in [0.15, 0.2) is 12.1 Å². The van der Waals surface area contributed by atoms with Gasteiger partial charge in [0, 0.05) is 13.1 Å². The highest BCUT2D eigenvalue weighted by molar-refractivity contribution is 5.97. The van der Waals surface area contributed by atoms with Crippen LogP contribution in [0, 0.1) is 6.92 Å². The van der Waals surface area contributed by atoms with Crippen LogP contribution in [-0.4, -0.2) is 60.8 Å². The zero-order valence-corrected chi connectivity index (χ0v) is 12.6. The summed E-state index contributed by atoms with van der Waals surface area (Å²) in [7, 11) is 3.93. The summed E-state index contributed by atoms with van der Waals surface area (Å²) >= 11 is 0. The number of carboxylic acids is 2. The minimum Gasteiger partial charge on any atom is -0.478 e. The fraction of sp³-hybridized carbons (Fsp3) is 0.467. The second kappa shape index (κ2) is 7.75. The molecule has 0 saturated heterocycles. The van der Waals surface area contributed by atoms with Crippen LogP contribution in [0.5, 0.6) is 0 Å². The molecule has 6 nitrogen and oxygen atoms in total. The molecule has 116 valence electrons. The number of aryl methyl sites for hydroxylation is 1. The summed E-state index contributed by atoms with van der Waals surface area (Å²) in [6.07, 6.45) is 0.373. The molecule has 0 fully saturated rings. The smallest absolute Gasteiger partial charge is 0.336 e. The maximum Gasteiger partial charge on any atom is 0.336 e. The van der Waals surface area contributed by atoms with Crippen molar-refractivity contribution in [2.75, 3.05) is 33.7 Å². The zero-order valence-electron chi connectivity index (χ0n) is 12.6. The van der Waals surface area contributed by atoms with Crippen LogP contribution in [0.2, 0.25) is 0 Å². The second-order valence-electron chi connectivity index (χ2n) is 5.20. The van der Waals surface area contributed by atoms with Crippen LogP contribution >= 0.6 is 0 Å². The van der Waals surface area contributed by atoms with Crippen LogP contribution in [0.4, 0.5) is 0 Å². The van der Waals surface area contributed by atoms with E-state index in [-0.39, 0.29) is 11.1 Å². The number of rotatable bonds is 8. The molecule has 0 bridgehead atoms. The van der Waals surface area contributed by atoms with Crippen molar-refractivity contribution in [3.8, 4) is 0 Å². The molecular weight excluding hydrogens is 272 g/mol. The van der Waals surface area contributed by atoms with Crippen LogP contribution in [-0.2, 0) is 6.42 Å². The molecule has 0 aliphatic carbocycles. The van der Waals surface area contributed by atoms with E-state index in [1.165, 1.54) is 12.1 Å². The Kier molecular flexibility index (Phi) is 6.33. The maximum atomic E-state index is 11.4. The van der Waals surface area contributed by atoms with Crippen molar-refractivity contribution < 1.29 is 19.8 Å². The largest absolute Gasteiger partial charge is 0.478 e. The third-order valence-electron chi connectivity index (χ3n) is 3.25. The quantitative estimate of drug-likeness (QED) is 0.622. The van der Waals surface area contributed by atoms with Gasteiger partial charge in [-0.25, -0.2) is 9.59 Å². The van der Waals surface area contributed by atoms with E-state index < -0.39 is 11.9 Å². The Bertz CT molecular complexity index is 527.